The molecule has 6 heteroatoms. The maximum Gasteiger partial charge on any atom is 0.257 e. The number of H-pyrrole nitrogens is 1. The van der Waals surface area contributed by atoms with Crippen molar-refractivity contribution in [1.82, 2.24) is 9.97 Å². The summed E-state index contributed by atoms with van der Waals surface area (Å²) in [5, 5.41) is 2.70. The minimum Gasteiger partial charge on any atom is -0.328 e. The molecule has 86 valence electrons. The van der Waals surface area contributed by atoms with Gasteiger partial charge in [0.2, 0.25) is 5.56 Å². The number of aromatic nitrogens is 2. The first kappa shape index (κ1) is 11.5. The van der Waals surface area contributed by atoms with Crippen molar-refractivity contribution < 1.29 is 4.79 Å². The number of pyridine rings is 2. The highest BCUT2D eigenvalue weighted by molar-refractivity contribution is 9.10. The van der Waals surface area contributed by atoms with Crippen molar-refractivity contribution in [3.05, 3.63) is 57.2 Å². The van der Waals surface area contributed by atoms with Gasteiger partial charge in [0.15, 0.2) is 0 Å². The minimum absolute atomic E-state index is 0.244. The van der Waals surface area contributed by atoms with Crippen LogP contribution in [0.25, 0.3) is 0 Å². The van der Waals surface area contributed by atoms with Crippen molar-refractivity contribution in [3.63, 3.8) is 0 Å². The second-order valence-corrected chi connectivity index (χ2v) is 4.11. The molecule has 2 heterocycles. The lowest BCUT2D eigenvalue weighted by molar-refractivity contribution is 0.102. The smallest absolute Gasteiger partial charge is 0.257 e. The summed E-state index contributed by atoms with van der Waals surface area (Å²) in [5.74, 6) is -0.298. The van der Waals surface area contributed by atoms with Gasteiger partial charge in [-0.25, -0.2) is 0 Å². The Bertz CT molecular complexity index is 589. The lowest BCUT2D eigenvalue weighted by atomic mass is 10.2. The molecule has 0 radical (unpaired) electrons. The third-order valence-electron chi connectivity index (χ3n) is 2.07. The fourth-order valence-corrected chi connectivity index (χ4v) is 1.57. The van der Waals surface area contributed by atoms with E-state index in [-0.39, 0.29) is 11.5 Å². The summed E-state index contributed by atoms with van der Waals surface area (Å²) >= 11 is 3.27. The number of nitrogens with zero attached hydrogens (tertiary/aromatic N) is 1. The highest BCUT2D eigenvalue weighted by Gasteiger charge is 2.07. The third-order valence-corrected chi connectivity index (χ3v) is 2.70. The number of halogens is 1. The van der Waals surface area contributed by atoms with Crippen LogP contribution in [0.1, 0.15) is 10.4 Å². The Morgan fingerprint density at radius 2 is 2.18 bits per heavy atom. The summed E-state index contributed by atoms with van der Waals surface area (Å²) in [6.07, 6.45) is 4.53. The Labute approximate surface area is 105 Å². The van der Waals surface area contributed by atoms with E-state index in [0.717, 1.165) is 0 Å². The maximum absolute atomic E-state index is 11.8. The Morgan fingerprint density at radius 1 is 1.35 bits per heavy atom. The molecular formula is C11H8BrN3O2. The van der Waals surface area contributed by atoms with Crippen LogP contribution in [0.3, 0.4) is 0 Å². The Balaban J connectivity index is 2.20. The maximum atomic E-state index is 11.8. The van der Waals surface area contributed by atoms with E-state index in [1.165, 1.54) is 18.3 Å². The first-order chi connectivity index (χ1) is 8.16. The molecule has 2 aromatic heterocycles. The van der Waals surface area contributed by atoms with Gasteiger partial charge in [-0.2, -0.15) is 0 Å². The molecule has 2 N–H and O–H groups in total. The fraction of sp³-hybridized carbons (Fsp3) is 0. The van der Waals surface area contributed by atoms with Crippen LogP contribution >= 0.6 is 15.9 Å². The van der Waals surface area contributed by atoms with E-state index in [1.54, 1.807) is 18.5 Å². The Hall–Kier alpha value is -1.95. The number of nitrogens with one attached hydrogen (secondary N) is 2. The minimum atomic E-state index is -0.298. The number of rotatable bonds is 2. The van der Waals surface area contributed by atoms with Gasteiger partial charge in [0, 0.05) is 24.7 Å². The van der Waals surface area contributed by atoms with Gasteiger partial charge in [0.1, 0.15) is 0 Å². The molecule has 2 aromatic rings. The molecule has 2 rings (SSSR count). The summed E-state index contributed by atoms with van der Waals surface area (Å²) in [7, 11) is 0. The molecule has 0 aliphatic heterocycles. The predicted octanol–water partition coefficient (Wildman–Crippen LogP) is 1.78. The van der Waals surface area contributed by atoms with Gasteiger partial charge in [-0.3, -0.25) is 14.6 Å². The third kappa shape index (κ3) is 2.79. The van der Waals surface area contributed by atoms with Gasteiger partial charge in [-0.05, 0) is 28.1 Å². The molecule has 0 saturated carbocycles. The first-order valence-corrected chi connectivity index (χ1v) is 5.56. The highest BCUT2D eigenvalue weighted by Crippen LogP contribution is 2.20. The quantitative estimate of drug-likeness (QED) is 0.886. The lowest BCUT2D eigenvalue weighted by Crippen LogP contribution is -2.14. The molecule has 17 heavy (non-hydrogen) atoms. The SMILES string of the molecule is O=C(Nc1ccncc1Br)c1ccc(=O)[nH]c1. The van der Waals surface area contributed by atoms with Gasteiger partial charge in [-0.15, -0.1) is 0 Å². The van der Waals surface area contributed by atoms with Gasteiger partial charge in [0.25, 0.3) is 5.91 Å². The van der Waals surface area contributed by atoms with Crippen LogP contribution in [0, 0.1) is 0 Å². The fourth-order valence-electron chi connectivity index (χ4n) is 1.22. The average molecular weight is 294 g/mol. The second kappa shape index (κ2) is 4.92. The van der Waals surface area contributed by atoms with Crippen LogP contribution in [0.4, 0.5) is 5.69 Å². The summed E-state index contributed by atoms with van der Waals surface area (Å²) in [6, 6.07) is 4.44. The van der Waals surface area contributed by atoms with Crippen LogP contribution in [0.2, 0.25) is 0 Å². The summed E-state index contributed by atoms with van der Waals surface area (Å²) in [6.45, 7) is 0. The van der Waals surface area contributed by atoms with Crippen LogP contribution in [0.5, 0.6) is 0 Å². The van der Waals surface area contributed by atoms with Crippen molar-refractivity contribution >= 4 is 27.5 Å². The van der Waals surface area contributed by atoms with Crippen molar-refractivity contribution in [2.45, 2.75) is 0 Å². The van der Waals surface area contributed by atoms with Crippen molar-refractivity contribution in [2.75, 3.05) is 5.32 Å². The summed E-state index contributed by atoms with van der Waals surface area (Å²) < 4.78 is 0.692. The molecule has 0 atom stereocenters. The van der Waals surface area contributed by atoms with Crippen molar-refractivity contribution in [3.8, 4) is 0 Å². The molecule has 0 aromatic carbocycles. The van der Waals surface area contributed by atoms with E-state index >= 15 is 0 Å². The number of anilines is 1. The normalized spacial score (nSPS) is 9.94. The zero-order valence-electron chi connectivity index (χ0n) is 8.61. The molecule has 0 fully saturated rings. The van der Waals surface area contributed by atoms with Crippen LogP contribution < -0.4 is 10.9 Å². The van der Waals surface area contributed by atoms with Crippen LogP contribution in [0.15, 0.2) is 46.1 Å². The molecule has 0 unspecified atom stereocenters. The first-order valence-electron chi connectivity index (χ1n) is 4.76. The second-order valence-electron chi connectivity index (χ2n) is 3.25. The van der Waals surface area contributed by atoms with E-state index in [0.29, 0.717) is 15.7 Å². The zero-order valence-corrected chi connectivity index (χ0v) is 10.2. The number of amides is 1. The lowest BCUT2D eigenvalue weighted by Gasteiger charge is -2.06. The van der Waals surface area contributed by atoms with E-state index in [1.807, 2.05) is 0 Å². The molecule has 0 spiro atoms. The van der Waals surface area contributed by atoms with Gasteiger partial charge >= 0.3 is 0 Å². The topological polar surface area (TPSA) is 74.8 Å². The van der Waals surface area contributed by atoms with E-state index in [9.17, 15) is 9.59 Å². The van der Waals surface area contributed by atoms with Crippen molar-refractivity contribution in [1.29, 1.82) is 0 Å². The standard InChI is InChI=1S/C11H8BrN3O2/c12-8-6-13-4-3-9(8)15-11(17)7-1-2-10(16)14-5-7/h1-6H,(H,14,16)(H,13,15,17). The molecule has 0 aliphatic carbocycles. The monoisotopic (exact) mass is 293 g/mol. The molecule has 0 saturated heterocycles. The van der Waals surface area contributed by atoms with Gasteiger partial charge < -0.3 is 10.3 Å². The number of carbonyl (C=O) groups is 1. The largest absolute Gasteiger partial charge is 0.328 e. The molecule has 0 aliphatic rings. The summed E-state index contributed by atoms with van der Waals surface area (Å²) in [5.41, 5.74) is 0.760. The van der Waals surface area contributed by atoms with Crippen molar-refractivity contribution in [2.24, 2.45) is 0 Å². The number of hydrogen-bond acceptors (Lipinski definition) is 3. The van der Waals surface area contributed by atoms with E-state index < -0.39 is 0 Å². The van der Waals surface area contributed by atoms with Crippen LogP contribution in [-0.4, -0.2) is 15.9 Å². The predicted molar refractivity (Wildman–Crippen MR) is 67.0 cm³/mol. The number of aromatic amines is 1. The van der Waals surface area contributed by atoms with Gasteiger partial charge in [0.05, 0.1) is 15.7 Å². The summed E-state index contributed by atoms with van der Waals surface area (Å²) in [4.78, 5) is 29.0. The average Bonchev–Trinajstić information content (AvgIpc) is 2.33. The molecule has 5 nitrogen and oxygen atoms in total. The Morgan fingerprint density at radius 3 is 2.82 bits per heavy atom. The highest BCUT2D eigenvalue weighted by atomic mass is 79.9. The Kier molecular flexibility index (Phi) is 3.34. The van der Waals surface area contributed by atoms with E-state index in [2.05, 4.69) is 31.2 Å². The zero-order chi connectivity index (χ0) is 12.3. The van der Waals surface area contributed by atoms with Gasteiger partial charge in [-0.1, -0.05) is 0 Å². The van der Waals surface area contributed by atoms with Crippen LogP contribution in [-0.2, 0) is 0 Å². The number of hydrogen-bond donors (Lipinski definition) is 2. The molecule has 1 amide bonds. The molecular weight excluding hydrogens is 286 g/mol. The molecule has 0 bridgehead atoms. The number of carbonyl (C=O) groups excluding carboxylic acids is 1. The van der Waals surface area contributed by atoms with E-state index in [4.69, 9.17) is 0 Å².